The first-order chi connectivity index (χ1) is 13.6. The standard InChI is InChI=1S/C21H23N5O2/c1-15-3-2-10-26-18(12-23-21(15)26)11-20(28)25(13-16-6-8-22-9-7-16)14-17-4-5-19(27)24-17/h2-3,6-10,12,17H,4-5,11,13-14H2,1H3,(H,24,27)/t17-/m0/s1. The van der Waals surface area contributed by atoms with E-state index in [-0.39, 0.29) is 24.3 Å². The Morgan fingerprint density at radius 3 is 2.89 bits per heavy atom. The van der Waals surface area contributed by atoms with Gasteiger partial charge >= 0.3 is 0 Å². The molecule has 28 heavy (non-hydrogen) atoms. The van der Waals surface area contributed by atoms with Crippen LogP contribution in [0.2, 0.25) is 0 Å². The average molecular weight is 377 g/mol. The van der Waals surface area contributed by atoms with E-state index in [1.807, 2.05) is 46.7 Å². The second kappa shape index (κ2) is 7.80. The smallest absolute Gasteiger partial charge is 0.228 e. The second-order valence-corrected chi connectivity index (χ2v) is 7.24. The Kier molecular flexibility index (Phi) is 5.06. The van der Waals surface area contributed by atoms with Crippen LogP contribution in [0.25, 0.3) is 5.65 Å². The highest BCUT2D eigenvalue weighted by Crippen LogP contribution is 2.15. The van der Waals surface area contributed by atoms with E-state index >= 15 is 0 Å². The largest absolute Gasteiger partial charge is 0.352 e. The summed E-state index contributed by atoms with van der Waals surface area (Å²) in [5, 5.41) is 2.96. The lowest BCUT2D eigenvalue weighted by Crippen LogP contribution is -2.42. The van der Waals surface area contributed by atoms with Crippen LogP contribution in [0.3, 0.4) is 0 Å². The summed E-state index contributed by atoms with van der Waals surface area (Å²) in [7, 11) is 0. The topological polar surface area (TPSA) is 79.6 Å². The third kappa shape index (κ3) is 3.88. The van der Waals surface area contributed by atoms with Crippen LogP contribution in [0, 0.1) is 6.92 Å². The molecule has 3 aromatic rings. The normalized spacial score (nSPS) is 16.3. The number of hydrogen-bond donors (Lipinski definition) is 1. The van der Waals surface area contributed by atoms with Gasteiger partial charge < -0.3 is 14.6 Å². The third-order valence-electron chi connectivity index (χ3n) is 5.14. The molecule has 0 aliphatic carbocycles. The summed E-state index contributed by atoms with van der Waals surface area (Å²) < 4.78 is 1.97. The van der Waals surface area contributed by atoms with Crippen LogP contribution in [0.5, 0.6) is 0 Å². The summed E-state index contributed by atoms with van der Waals surface area (Å²) >= 11 is 0. The number of hydrogen-bond acceptors (Lipinski definition) is 4. The number of carbonyl (C=O) groups excluding carboxylic acids is 2. The van der Waals surface area contributed by atoms with E-state index < -0.39 is 0 Å². The molecule has 1 N–H and O–H groups in total. The van der Waals surface area contributed by atoms with Gasteiger partial charge in [0.2, 0.25) is 11.8 Å². The molecule has 0 radical (unpaired) electrons. The molecule has 4 rings (SSSR count). The van der Waals surface area contributed by atoms with Crippen LogP contribution in [-0.4, -0.2) is 43.7 Å². The molecule has 1 aliphatic heterocycles. The van der Waals surface area contributed by atoms with Crippen LogP contribution in [0.4, 0.5) is 0 Å². The van der Waals surface area contributed by atoms with Crippen molar-refractivity contribution in [1.29, 1.82) is 0 Å². The molecule has 0 bridgehead atoms. The molecule has 1 fully saturated rings. The molecule has 1 aliphatic rings. The SMILES string of the molecule is Cc1cccn2c(CC(=O)N(Cc3ccncc3)C[C@@H]3CCC(=O)N3)cnc12. The molecule has 2 amide bonds. The van der Waals surface area contributed by atoms with Crippen LogP contribution in [-0.2, 0) is 22.6 Å². The van der Waals surface area contributed by atoms with Gasteiger partial charge in [-0.3, -0.25) is 14.6 Å². The van der Waals surface area contributed by atoms with Crippen molar-refractivity contribution >= 4 is 17.5 Å². The molecule has 7 nitrogen and oxygen atoms in total. The molecule has 0 aromatic carbocycles. The van der Waals surface area contributed by atoms with Crippen LogP contribution in [0.1, 0.15) is 29.7 Å². The van der Waals surface area contributed by atoms with Gasteiger partial charge in [-0.2, -0.15) is 0 Å². The molecule has 1 saturated heterocycles. The fourth-order valence-electron chi connectivity index (χ4n) is 3.64. The van der Waals surface area contributed by atoms with E-state index in [1.165, 1.54) is 0 Å². The number of carbonyl (C=O) groups is 2. The van der Waals surface area contributed by atoms with Crippen molar-refractivity contribution in [1.82, 2.24) is 24.6 Å². The molecule has 0 saturated carbocycles. The Morgan fingerprint density at radius 1 is 1.32 bits per heavy atom. The number of rotatable bonds is 6. The van der Waals surface area contributed by atoms with Crippen molar-refractivity contribution in [2.45, 2.75) is 38.8 Å². The van der Waals surface area contributed by atoms with Gasteiger partial charge in [0.1, 0.15) is 5.65 Å². The van der Waals surface area contributed by atoms with Crippen molar-refractivity contribution in [3.63, 3.8) is 0 Å². The van der Waals surface area contributed by atoms with Crippen molar-refractivity contribution in [2.24, 2.45) is 0 Å². The van der Waals surface area contributed by atoms with E-state index in [2.05, 4.69) is 15.3 Å². The van der Waals surface area contributed by atoms with Gasteiger partial charge in [-0.1, -0.05) is 6.07 Å². The number of pyridine rings is 2. The van der Waals surface area contributed by atoms with Gasteiger partial charge in [0.25, 0.3) is 0 Å². The molecule has 3 aromatic heterocycles. The van der Waals surface area contributed by atoms with E-state index in [4.69, 9.17) is 0 Å². The highest BCUT2D eigenvalue weighted by atomic mass is 16.2. The first-order valence-corrected chi connectivity index (χ1v) is 9.48. The fourth-order valence-corrected chi connectivity index (χ4v) is 3.64. The minimum absolute atomic E-state index is 0.00251. The predicted molar refractivity (Wildman–Crippen MR) is 104 cm³/mol. The Balaban J connectivity index is 1.54. The quantitative estimate of drug-likeness (QED) is 0.711. The van der Waals surface area contributed by atoms with Crippen molar-refractivity contribution in [3.05, 3.63) is 65.9 Å². The molecule has 4 heterocycles. The minimum Gasteiger partial charge on any atom is -0.352 e. The maximum absolute atomic E-state index is 13.2. The molecule has 1 atom stereocenters. The van der Waals surface area contributed by atoms with Crippen LogP contribution >= 0.6 is 0 Å². The monoisotopic (exact) mass is 377 g/mol. The summed E-state index contributed by atoms with van der Waals surface area (Å²) in [5.41, 5.74) is 3.82. The summed E-state index contributed by atoms with van der Waals surface area (Å²) in [6.07, 6.45) is 8.69. The van der Waals surface area contributed by atoms with Crippen molar-refractivity contribution < 1.29 is 9.59 Å². The first-order valence-electron chi connectivity index (χ1n) is 9.48. The zero-order chi connectivity index (χ0) is 19.5. The zero-order valence-corrected chi connectivity index (χ0v) is 15.8. The Labute approximate surface area is 163 Å². The van der Waals surface area contributed by atoms with Gasteiger partial charge in [0, 0.05) is 50.3 Å². The number of nitrogens with zero attached hydrogens (tertiary/aromatic N) is 4. The summed E-state index contributed by atoms with van der Waals surface area (Å²) in [4.78, 5) is 35.0. The van der Waals surface area contributed by atoms with Crippen molar-refractivity contribution in [2.75, 3.05) is 6.54 Å². The zero-order valence-electron chi connectivity index (χ0n) is 15.8. The van der Waals surface area contributed by atoms with Crippen LogP contribution < -0.4 is 5.32 Å². The summed E-state index contributed by atoms with van der Waals surface area (Å²) in [6, 6.07) is 7.78. The van der Waals surface area contributed by atoms with Crippen molar-refractivity contribution in [3.8, 4) is 0 Å². The maximum Gasteiger partial charge on any atom is 0.228 e. The van der Waals surface area contributed by atoms with E-state index in [0.29, 0.717) is 19.5 Å². The predicted octanol–water partition coefficient (Wildman–Crippen LogP) is 1.89. The van der Waals surface area contributed by atoms with Gasteiger partial charge in [-0.15, -0.1) is 0 Å². The molecular formula is C21H23N5O2. The number of nitrogens with one attached hydrogen (secondary N) is 1. The van der Waals surface area contributed by atoms with Gasteiger partial charge in [0.05, 0.1) is 12.1 Å². The van der Waals surface area contributed by atoms with Gasteiger partial charge in [0.15, 0.2) is 0 Å². The van der Waals surface area contributed by atoms with Gasteiger partial charge in [-0.25, -0.2) is 4.98 Å². The third-order valence-corrected chi connectivity index (χ3v) is 5.14. The lowest BCUT2D eigenvalue weighted by molar-refractivity contribution is -0.131. The van der Waals surface area contributed by atoms with Crippen LogP contribution in [0.15, 0.2) is 49.1 Å². The number of aromatic nitrogens is 3. The maximum atomic E-state index is 13.2. The van der Waals surface area contributed by atoms with E-state index in [9.17, 15) is 9.59 Å². The number of imidazole rings is 1. The average Bonchev–Trinajstić information content (AvgIpc) is 3.29. The minimum atomic E-state index is 0.00251. The molecule has 144 valence electrons. The highest BCUT2D eigenvalue weighted by Gasteiger charge is 2.26. The molecule has 0 spiro atoms. The van der Waals surface area contributed by atoms with E-state index in [1.54, 1.807) is 18.6 Å². The van der Waals surface area contributed by atoms with Gasteiger partial charge in [-0.05, 0) is 42.7 Å². The second-order valence-electron chi connectivity index (χ2n) is 7.24. The van der Waals surface area contributed by atoms with E-state index in [0.717, 1.165) is 28.9 Å². The lowest BCUT2D eigenvalue weighted by atomic mass is 10.1. The molecule has 7 heteroatoms. The summed E-state index contributed by atoms with van der Waals surface area (Å²) in [6.45, 7) is 3.00. The molecule has 0 unspecified atom stereocenters. The number of aryl methyl sites for hydroxylation is 1. The summed E-state index contributed by atoms with van der Waals surface area (Å²) in [5.74, 6) is 0.0693. The Hall–Kier alpha value is -3.22. The first kappa shape index (κ1) is 18.2. The fraction of sp³-hybridized carbons (Fsp3) is 0.333. The Bertz CT molecular complexity index is 998. The lowest BCUT2D eigenvalue weighted by Gasteiger charge is -2.26. The Morgan fingerprint density at radius 2 is 2.14 bits per heavy atom. The number of fused-ring (bicyclic) bond motifs is 1. The highest BCUT2D eigenvalue weighted by molar-refractivity contribution is 5.80. The molecular weight excluding hydrogens is 354 g/mol. The number of amides is 2.